The molecule has 1 aliphatic heterocycles. The van der Waals surface area contributed by atoms with Crippen LogP contribution in [0, 0.1) is 13.8 Å². The Bertz CT molecular complexity index is 656. The maximum absolute atomic E-state index is 12.3. The van der Waals surface area contributed by atoms with Gasteiger partial charge in [0.25, 0.3) is 0 Å². The molecule has 0 unspecified atom stereocenters. The van der Waals surface area contributed by atoms with Gasteiger partial charge in [-0.2, -0.15) is 10.1 Å². The lowest BCUT2D eigenvalue weighted by Crippen LogP contribution is -2.48. The minimum atomic E-state index is 0.190. The van der Waals surface area contributed by atoms with Crippen LogP contribution in [0.1, 0.15) is 23.8 Å². The molecule has 0 radical (unpaired) electrons. The van der Waals surface area contributed by atoms with Crippen LogP contribution in [0.4, 0.5) is 0 Å². The molecule has 0 bridgehead atoms. The van der Waals surface area contributed by atoms with Crippen LogP contribution in [0.15, 0.2) is 16.8 Å². The summed E-state index contributed by atoms with van der Waals surface area (Å²) in [6.07, 6.45) is 2.25. The summed E-state index contributed by atoms with van der Waals surface area (Å²) in [6, 6.07) is 1.95. The SMILES string of the molecule is Cc1nc(CN2CCN(C(=O)CCn3nccc3C)CC2)no1. The Hall–Kier alpha value is -2.22. The van der Waals surface area contributed by atoms with Crippen LogP contribution in [0.3, 0.4) is 0 Å². The average molecular weight is 318 g/mol. The molecule has 2 aromatic heterocycles. The first kappa shape index (κ1) is 15.7. The summed E-state index contributed by atoms with van der Waals surface area (Å²) in [5.74, 6) is 1.48. The first-order valence-corrected chi connectivity index (χ1v) is 7.89. The van der Waals surface area contributed by atoms with E-state index in [0.29, 0.717) is 31.2 Å². The first-order chi connectivity index (χ1) is 11.1. The number of aromatic nitrogens is 4. The van der Waals surface area contributed by atoms with Gasteiger partial charge in [0.1, 0.15) is 0 Å². The predicted octanol–water partition coefficient (Wildman–Crippen LogP) is 0.617. The Labute approximate surface area is 135 Å². The number of rotatable bonds is 5. The van der Waals surface area contributed by atoms with Crippen LogP contribution in [-0.2, 0) is 17.9 Å². The summed E-state index contributed by atoms with van der Waals surface area (Å²) >= 11 is 0. The number of amides is 1. The van der Waals surface area contributed by atoms with E-state index in [2.05, 4.69) is 20.1 Å². The summed E-state index contributed by atoms with van der Waals surface area (Å²) in [7, 11) is 0. The minimum absolute atomic E-state index is 0.190. The fourth-order valence-electron chi connectivity index (χ4n) is 2.75. The summed E-state index contributed by atoms with van der Waals surface area (Å²) in [4.78, 5) is 20.7. The largest absolute Gasteiger partial charge is 0.340 e. The zero-order chi connectivity index (χ0) is 16.2. The van der Waals surface area contributed by atoms with E-state index in [1.165, 1.54) is 0 Å². The molecule has 1 fully saturated rings. The van der Waals surface area contributed by atoms with Crippen molar-refractivity contribution in [3.8, 4) is 0 Å². The third-order valence-electron chi connectivity index (χ3n) is 4.13. The molecule has 0 saturated carbocycles. The molecule has 8 heteroatoms. The van der Waals surface area contributed by atoms with Gasteiger partial charge in [0.05, 0.1) is 6.54 Å². The number of aryl methyl sites for hydroxylation is 3. The van der Waals surface area contributed by atoms with Gasteiger partial charge in [-0.1, -0.05) is 5.16 Å². The molecule has 23 heavy (non-hydrogen) atoms. The average Bonchev–Trinajstić information content (AvgIpc) is 3.14. The van der Waals surface area contributed by atoms with Crippen molar-refractivity contribution in [2.75, 3.05) is 26.2 Å². The summed E-state index contributed by atoms with van der Waals surface area (Å²) < 4.78 is 6.85. The molecule has 8 nitrogen and oxygen atoms in total. The van der Waals surface area contributed by atoms with E-state index in [1.54, 1.807) is 13.1 Å². The quantitative estimate of drug-likeness (QED) is 0.804. The smallest absolute Gasteiger partial charge is 0.224 e. The molecule has 0 spiro atoms. The highest BCUT2D eigenvalue weighted by Gasteiger charge is 2.22. The molecule has 0 aliphatic carbocycles. The second kappa shape index (κ2) is 6.91. The van der Waals surface area contributed by atoms with Crippen molar-refractivity contribution in [2.45, 2.75) is 33.4 Å². The van der Waals surface area contributed by atoms with Gasteiger partial charge >= 0.3 is 0 Å². The van der Waals surface area contributed by atoms with Gasteiger partial charge in [-0.15, -0.1) is 0 Å². The van der Waals surface area contributed by atoms with Crippen molar-refractivity contribution in [2.24, 2.45) is 0 Å². The molecule has 2 aromatic rings. The van der Waals surface area contributed by atoms with E-state index in [1.807, 2.05) is 22.6 Å². The molecule has 0 atom stereocenters. The maximum atomic E-state index is 12.3. The van der Waals surface area contributed by atoms with Crippen LogP contribution in [-0.4, -0.2) is 61.8 Å². The van der Waals surface area contributed by atoms with E-state index < -0.39 is 0 Å². The molecule has 1 aliphatic rings. The molecule has 1 saturated heterocycles. The predicted molar refractivity (Wildman–Crippen MR) is 82.5 cm³/mol. The monoisotopic (exact) mass is 318 g/mol. The molecule has 3 heterocycles. The normalized spacial score (nSPS) is 16.0. The fraction of sp³-hybridized carbons (Fsp3) is 0.600. The van der Waals surface area contributed by atoms with Gasteiger partial charge in [-0.25, -0.2) is 0 Å². The zero-order valence-electron chi connectivity index (χ0n) is 13.6. The Balaban J connectivity index is 1.43. The molecule has 124 valence electrons. The fourth-order valence-corrected chi connectivity index (χ4v) is 2.75. The van der Waals surface area contributed by atoms with Gasteiger partial charge in [0.15, 0.2) is 5.82 Å². The van der Waals surface area contributed by atoms with E-state index in [0.717, 1.165) is 31.9 Å². The van der Waals surface area contributed by atoms with E-state index >= 15 is 0 Å². The number of carbonyl (C=O) groups is 1. The number of hydrogen-bond donors (Lipinski definition) is 0. The van der Waals surface area contributed by atoms with Crippen molar-refractivity contribution in [3.63, 3.8) is 0 Å². The van der Waals surface area contributed by atoms with Crippen molar-refractivity contribution in [1.29, 1.82) is 0 Å². The molecule has 3 rings (SSSR count). The lowest BCUT2D eigenvalue weighted by Gasteiger charge is -2.34. The Kier molecular flexibility index (Phi) is 4.71. The third kappa shape index (κ3) is 3.95. The number of carbonyl (C=O) groups excluding carboxylic acids is 1. The van der Waals surface area contributed by atoms with Crippen LogP contribution in [0.2, 0.25) is 0 Å². The molecule has 1 amide bonds. The molecular weight excluding hydrogens is 296 g/mol. The molecule has 0 aromatic carbocycles. The van der Waals surface area contributed by atoms with Gasteiger partial charge in [-0.3, -0.25) is 14.4 Å². The van der Waals surface area contributed by atoms with E-state index in [4.69, 9.17) is 4.52 Å². The number of nitrogens with zero attached hydrogens (tertiary/aromatic N) is 6. The highest BCUT2D eigenvalue weighted by molar-refractivity contribution is 5.76. The van der Waals surface area contributed by atoms with Crippen LogP contribution in [0.25, 0.3) is 0 Å². The number of hydrogen-bond acceptors (Lipinski definition) is 6. The Morgan fingerprint density at radius 2 is 2.04 bits per heavy atom. The van der Waals surface area contributed by atoms with E-state index in [-0.39, 0.29) is 5.91 Å². The van der Waals surface area contributed by atoms with E-state index in [9.17, 15) is 4.79 Å². The molecule has 0 N–H and O–H groups in total. The Morgan fingerprint density at radius 1 is 1.26 bits per heavy atom. The summed E-state index contributed by atoms with van der Waals surface area (Å²) in [5.41, 5.74) is 1.08. The third-order valence-corrected chi connectivity index (χ3v) is 4.13. The second-order valence-electron chi connectivity index (χ2n) is 5.83. The summed E-state index contributed by atoms with van der Waals surface area (Å²) in [6.45, 7) is 8.25. The van der Waals surface area contributed by atoms with Crippen molar-refractivity contribution in [1.82, 2.24) is 29.7 Å². The van der Waals surface area contributed by atoms with Crippen LogP contribution < -0.4 is 0 Å². The number of piperazine rings is 1. The zero-order valence-corrected chi connectivity index (χ0v) is 13.6. The van der Waals surface area contributed by atoms with Crippen molar-refractivity contribution >= 4 is 5.91 Å². The van der Waals surface area contributed by atoms with Crippen LogP contribution >= 0.6 is 0 Å². The van der Waals surface area contributed by atoms with Crippen LogP contribution in [0.5, 0.6) is 0 Å². The van der Waals surface area contributed by atoms with Gasteiger partial charge in [0, 0.05) is 58.0 Å². The second-order valence-corrected chi connectivity index (χ2v) is 5.83. The standard InChI is InChI=1S/C15H22N6O2/c1-12-3-5-16-21(12)6-4-15(22)20-9-7-19(8-10-20)11-14-17-13(2)23-18-14/h3,5H,4,6-11H2,1-2H3. The topological polar surface area (TPSA) is 80.3 Å². The highest BCUT2D eigenvalue weighted by Crippen LogP contribution is 2.08. The van der Waals surface area contributed by atoms with Gasteiger partial charge < -0.3 is 9.42 Å². The highest BCUT2D eigenvalue weighted by atomic mass is 16.5. The lowest BCUT2D eigenvalue weighted by atomic mass is 10.2. The lowest BCUT2D eigenvalue weighted by molar-refractivity contribution is -0.133. The molecular formula is C15H22N6O2. The maximum Gasteiger partial charge on any atom is 0.224 e. The minimum Gasteiger partial charge on any atom is -0.340 e. The van der Waals surface area contributed by atoms with Gasteiger partial charge in [-0.05, 0) is 13.0 Å². The first-order valence-electron chi connectivity index (χ1n) is 7.89. The summed E-state index contributed by atoms with van der Waals surface area (Å²) in [5, 5.41) is 8.12. The van der Waals surface area contributed by atoms with Crippen molar-refractivity contribution in [3.05, 3.63) is 29.7 Å². The van der Waals surface area contributed by atoms with Gasteiger partial charge in [0.2, 0.25) is 11.8 Å². The Morgan fingerprint density at radius 3 is 2.65 bits per heavy atom. The van der Waals surface area contributed by atoms with Crippen molar-refractivity contribution < 1.29 is 9.32 Å².